The van der Waals surface area contributed by atoms with Crippen LogP contribution in [0.15, 0.2) is 15.3 Å². The van der Waals surface area contributed by atoms with Gasteiger partial charge in [-0.3, -0.25) is 4.79 Å². The molecule has 1 fully saturated rings. The maximum Gasteiger partial charge on any atom is 0.253 e. The Bertz CT molecular complexity index is 1040. The van der Waals surface area contributed by atoms with E-state index in [0.29, 0.717) is 28.9 Å². The van der Waals surface area contributed by atoms with Crippen LogP contribution in [0.3, 0.4) is 0 Å². The molecule has 8 heteroatoms. The van der Waals surface area contributed by atoms with Crippen LogP contribution >= 0.6 is 0 Å². The van der Waals surface area contributed by atoms with Crippen LogP contribution in [0.4, 0.5) is 0 Å². The maximum absolute atomic E-state index is 12.4. The summed E-state index contributed by atoms with van der Waals surface area (Å²) in [6, 6.07) is 1.67. The van der Waals surface area contributed by atoms with Crippen LogP contribution < -0.4 is 10.9 Å². The highest BCUT2D eigenvalue weighted by Crippen LogP contribution is 2.33. The number of nitrogens with one attached hydrogen (secondary N) is 2. The van der Waals surface area contributed by atoms with Gasteiger partial charge in [0.1, 0.15) is 11.2 Å². The number of nitrogens with zero attached hydrogens (tertiary/aromatic N) is 4. The molecule has 3 aromatic heterocycles. The largest absolute Gasteiger partial charge is 0.420 e. The van der Waals surface area contributed by atoms with Gasteiger partial charge in [0.15, 0.2) is 0 Å². The van der Waals surface area contributed by atoms with Gasteiger partial charge in [0.05, 0.1) is 11.4 Å². The van der Waals surface area contributed by atoms with E-state index in [1.807, 2.05) is 11.4 Å². The van der Waals surface area contributed by atoms with E-state index in [0.717, 1.165) is 50.2 Å². The van der Waals surface area contributed by atoms with Crippen molar-refractivity contribution in [2.45, 2.75) is 64.7 Å². The van der Waals surface area contributed by atoms with E-state index < -0.39 is 0 Å². The van der Waals surface area contributed by atoms with Crippen LogP contribution in [0.25, 0.3) is 17.1 Å². The van der Waals surface area contributed by atoms with Crippen molar-refractivity contribution in [1.82, 2.24) is 30.1 Å². The summed E-state index contributed by atoms with van der Waals surface area (Å²) in [6.45, 7) is 10.2. The van der Waals surface area contributed by atoms with Gasteiger partial charge in [0.2, 0.25) is 5.89 Å². The zero-order valence-corrected chi connectivity index (χ0v) is 17.0. The Labute approximate surface area is 163 Å². The first-order valence-electron chi connectivity index (χ1n) is 10.1. The Hall–Kier alpha value is -2.48. The molecule has 0 aliphatic carbocycles. The van der Waals surface area contributed by atoms with Crippen LogP contribution in [0, 0.1) is 6.92 Å². The fraction of sp³-hybridized carbons (Fsp3) is 0.600. The first-order valence-corrected chi connectivity index (χ1v) is 10.1. The Balaban J connectivity index is 1.83. The van der Waals surface area contributed by atoms with Gasteiger partial charge in [-0.25, -0.2) is 4.52 Å². The number of rotatable bonds is 5. The fourth-order valence-electron chi connectivity index (χ4n) is 4.17. The second-order valence-electron chi connectivity index (χ2n) is 8.35. The lowest BCUT2D eigenvalue weighted by Gasteiger charge is -2.23. The lowest BCUT2D eigenvalue weighted by Crippen LogP contribution is -2.28. The van der Waals surface area contributed by atoms with Crippen LogP contribution in [0.2, 0.25) is 0 Å². The molecule has 1 aliphatic heterocycles. The molecule has 0 amide bonds. The molecule has 0 bridgehead atoms. The third kappa shape index (κ3) is 3.26. The van der Waals surface area contributed by atoms with E-state index >= 15 is 0 Å². The standard InChI is InChI=1S/C20H28N6O2/c1-5-8-20(3,4)19-24-23-18(28-19)16-12(2)25-26-14(11-15(27)22-17(16)26)13-6-9-21-10-7-13/h11,13,21H,5-10H2,1-4H3,(H,22,27). The van der Waals surface area contributed by atoms with Crippen molar-refractivity contribution in [3.63, 3.8) is 0 Å². The van der Waals surface area contributed by atoms with Crippen LogP contribution in [0.5, 0.6) is 0 Å². The zero-order valence-electron chi connectivity index (χ0n) is 17.0. The van der Waals surface area contributed by atoms with Crippen LogP contribution in [-0.2, 0) is 5.41 Å². The third-order valence-corrected chi connectivity index (χ3v) is 5.68. The number of hydrogen-bond donors (Lipinski definition) is 2. The van der Waals surface area contributed by atoms with Gasteiger partial charge in [0, 0.05) is 17.4 Å². The monoisotopic (exact) mass is 384 g/mol. The average Bonchev–Trinajstić information content (AvgIpc) is 3.26. The van der Waals surface area contributed by atoms with E-state index in [4.69, 9.17) is 9.52 Å². The first kappa shape index (κ1) is 18.9. The maximum atomic E-state index is 12.4. The van der Waals surface area contributed by atoms with E-state index in [-0.39, 0.29) is 11.0 Å². The number of aryl methyl sites for hydroxylation is 1. The van der Waals surface area contributed by atoms with Crippen LogP contribution in [-0.4, -0.2) is 37.9 Å². The average molecular weight is 384 g/mol. The van der Waals surface area contributed by atoms with Gasteiger partial charge in [-0.2, -0.15) is 5.10 Å². The van der Waals surface area contributed by atoms with Crippen molar-refractivity contribution < 1.29 is 4.42 Å². The van der Waals surface area contributed by atoms with Crippen molar-refractivity contribution in [3.05, 3.63) is 33.7 Å². The SMILES string of the molecule is CCCC(C)(C)c1nnc(-c2c(C)nn3c(C4CCNCC4)cc(=O)[nH]c23)o1. The number of fused-ring (bicyclic) bond motifs is 1. The van der Waals surface area contributed by atoms with Crippen molar-refractivity contribution in [3.8, 4) is 11.5 Å². The first-order chi connectivity index (χ1) is 13.4. The Morgan fingerprint density at radius 3 is 2.75 bits per heavy atom. The second-order valence-corrected chi connectivity index (χ2v) is 8.35. The number of aromatic amines is 1. The molecule has 0 atom stereocenters. The van der Waals surface area contributed by atoms with Crippen LogP contribution in [0.1, 0.15) is 69.7 Å². The summed E-state index contributed by atoms with van der Waals surface area (Å²) in [7, 11) is 0. The molecule has 1 saturated heterocycles. The molecular formula is C20H28N6O2. The Kier molecular flexibility index (Phi) is 4.82. The molecule has 4 rings (SSSR count). The third-order valence-electron chi connectivity index (χ3n) is 5.68. The molecule has 2 N–H and O–H groups in total. The number of hydrogen-bond acceptors (Lipinski definition) is 6. The van der Waals surface area contributed by atoms with Crippen molar-refractivity contribution in [2.24, 2.45) is 0 Å². The summed E-state index contributed by atoms with van der Waals surface area (Å²) < 4.78 is 7.90. The molecule has 0 radical (unpaired) electrons. The number of H-pyrrole nitrogens is 1. The van der Waals surface area contributed by atoms with Crippen molar-refractivity contribution in [1.29, 1.82) is 0 Å². The lowest BCUT2D eigenvalue weighted by molar-refractivity contribution is 0.351. The highest BCUT2D eigenvalue weighted by atomic mass is 16.4. The lowest BCUT2D eigenvalue weighted by atomic mass is 9.88. The molecule has 0 unspecified atom stereocenters. The second kappa shape index (κ2) is 7.16. The van der Waals surface area contributed by atoms with Crippen molar-refractivity contribution >= 4 is 5.65 Å². The molecule has 8 nitrogen and oxygen atoms in total. The predicted octanol–water partition coefficient (Wildman–Crippen LogP) is 2.93. The van der Waals surface area contributed by atoms with E-state index in [9.17, 15) is 4.79 Å². The Morgan fingerprint density at radius 2 is 2.04 bits per heavy atom. The smallest absolute Gasteiger partial charge is 0.253 e. The van der Waals surface area contributed by atoms with Gasteiger partial charge in [-0.1, -0.05) is 27.2 Å². The minimum Gasteiger partial charge on any atom is -0.420 e. The summed E-state index contributed by atoms with van der Waals surface area (Å²) in [5, 5.41) is 16.7. The highest BCUT2D eigenvalue weighted by Gasteiger charge is 2.29. The van der Waals surface area contributed by atoms with Gasteiger partial charge in [-0.15, -0.1) is 10.2 Å². The normalized spacial score (nSPS) is 16.1. The van der Waals surface area contributed by atoms with E-state index in [2.05, 4.69) is 41.3 Å². The molecule has 0 aromatic carbocycles. The number of aromatic nitrogens is 5. The van der Waals surface area contributed by atoms with E-state index in [1.54, 1.807) is 6.07 Å². The van der Waals surface area contributed by atoms with Gasteiger partial charge in [0.25, 0.3) is 11.4 Å². The molecule has 28 heavy (non-hydrogen) atoms. The zero-order chi connectivity index (χ0) is 19.9. The summed E-state index contributed by atoms with van der Waals surface area (Å²) in [6.07, 6.45) is 3.97. The molecular weight excluding hydrogens is 356 g/mol. The van der Waals surface area contributed by atoms with E-state index in [1.165, 1.54) is 0 Å². The topological polar surface area (TPSA) is 101 Å². The molecule has 1 aliphatic rings. The minimum absolute atomic E-state index is 0.131. The number of piperidine rings is 1. The summed E-state index contributed by atoms with van der Waals surface area (Å²) >= 11 is 0. The summed E-state index contributed by atoms with van der Waals surface area (Å²) in [4.78, 5) is 15.3. The molecule has 3 aromatic rings. The molecule has 150 valence electrons. The molecule has 0 saturated carbocycles. The summed E-state index contributed by atoms with van der Waals surface area (Å²) in [5.41, 5.74) is 2.72. The van der Waals surface area contributed by atoms with Gasteiger partial charge >= 0.3 is 0 Å². The quantitative estimate of drug-likeness (QED) is 0.701. The van der Waals surface area contributed by atoms with Crippen molar-refractivity contribution in [2.75, 3.05) is 13.1 Å². The summed E-state index contributed by atoms with van der Waals surface area (Å²) in [5.74, 6) is 1.32. The highest BCUT2D eigenvalue weighted by molar-refractivity contribution is 5.74. The predicted molar refractivity (Wildman–Crippen MR) is 107 cm³/mol. The molecule has 0 spiro atoms. The fourth-order valence-corrected chi connectivity index (χ4v) is 4.17. The molecule has 4 heterocycles. The van der Waals surface area contributed by atoms with Gasteiger partial charge < -0.3 is 14.7 Å². The Morgan fingerprint density at radius 1 is 1.29 bits per heavy atom. The minimum atomic E-state index is -0.190. The van der Waals surface area contributed by atoms with Gasteiger partial charge in [-0.05, 0) is 39.3 Å².